The van der Waals surface area contributed by atoms with E-state index in [9.17, 15) is 8.42 Å². The molecule has 18 heavy (non-hydrogen) atoms. The Morgan fingerprint density at radius 1 is 1.22 bits per heavy atom. The van der Waals surface area contributed by atoms with Crippen molar-refractivity contribution in [3.63, 3.8) is 0 Å². The molecule has 0 aliphatic heterocycles. The number of rotatable bonds is 7. The summed E-state index contributed by atoms with van der Waals surface area (Å²) in [7, 11) is -2.87. The maximum absolute atomic E-state index is 11.9. The maximum Gasteiger partial charge on any atom is 0.150 e. The molecule has 0 bridgehead atoms. The first-order valence-electron chi connectivity index (χ1n) is 6.96. The van der Waals surface area contributed by atoms with Crippen molar-refractivity contribution in [3.05, 3.63) is 0 Å². The summed E-state index contributed by atoms with van der Waals surface area (Å²) in [6, 6.07) is 2.25. The van der Waals surface area contributed by atoms with Gasteiger partial charge in [0.15, 0.2) is 9.84 Å². The summed E-state index contributed by atoms with van der Waals surface area (Å²) in [6.07, 6.45) is 6.85. The SMILES string of the molecule is CC(C)(C#N)CCCCS(=O)(=O)CC1CCCC1. The fraction of sp³-hybridized carbons (Fsp3) is 0.929. The van der Waals surface area contributed by atoms with Crippen LogP contribution < -0.4 is 0 Å². The smallest absolute Gasteiger partial charge is 0.150 e. The molecule has 0 unspecified atom stereocenters. The molecule has 0 heterocycles. The summed E-state index contributed by atoms with van der Waals surface area (Å²) in [6.45, 7) is 3.81. The van der Waals surface area contributed by atoms with Crippen molar-refractivity contribution >= 4 is 9.84 Å². The summed E-state index contributed by atoms with van der Waals surface area (Å²) in [5.41, 5.74) is -0.324. The monoisotopic (exact) mass is 271 g/mol. The number of unbranched alkanes of at least 4 members (excludes halogenated alkanes) is 1. The van der Waals surface area contributed by atoms with Crippen LogP contribution in [0.5, 0.6) is 0 Å². The molecule has 4 heteroatoms. The van der Waals surface area contributed by atoms with Crippen molar-refractivity contribution in [3.8, 4) is 6.07 Å². The molecule has 1 saturated carbocycles. The van der Waals surface area contributed by atoms with Crippen LogP contribution in [0.4, 0.5) is 0 Å². The topological polar surface area (TPSA) is 57.9 Å². The molecule has 1 aliphatic carbocycles. The minimum atomic E-state index is -2.87. The van der Waals surface area contributed by atoms with Gasteiger partial charge in [-0.25, -0.2) is 8.42 Å². The first kappa shape index (κ1) is 15.5. The van der Waals surface area contributed by atoms with Crippen LogP contribution in [0.25, 0.3) is 0 Å². The van der Waals surface area contributed by atoms with Gasteiger partial charge in [-0.05, 0) is 45.4 Å². The van der Waals surface area contributed by atoms with Crippen molar-refractivity contribution in [2.24, 2.45) is 11.3 Å². The molecule has 0 N–H and O–H groups in total. The molecule has 0 spiro atoms. The lowest BCUT2D eigenvalue weighted by Crippen LogP contribution is -2.17. The van der Waals surface area contributed by atoms with Crippen LogP contribution in [0.2, 0.25) is 0 Å². The van der Waals surface area contributed by atoms with Crippen molar-refractivity contribution < 1.29 is 8.42 Å². The Morgan fingerprint density at radius 3 is 2.39 bits per heavy atom. The second kappa shape index (κ2) is 6.56. The van der Waals surface area contributed by atoms with Crippen LogP contribution in [-0.4, -0.2) is 19.9 Å². The quantitative estimate of drug-likeness (QED) is 0.667. The van der Waals surface area contributed by atoms with E-state index in [0.29, 0.717) is 23.8 Å². The molecule has 1 fully saturated rings. The van der Waals surface area contributed by atoms with Crippen LogP contribution in [0.1, 0.15) is 58.8 Å². The van der Waals surface area contributed by atoms with Gasteiger partial charge in [0.25, 0.3) is 0 Å². The first-order chi connectivity index (χ1) is 8.35. The highest BCUT2D eigenvalue weighted by Gasteiger charge is 2.22. The van der Waals surface area contributed by atoms with Gasteiger partial charge in [-0.3, -0.25) is 0 Å². The second-order valence-electron chi connectivity index (χ2n) is 6.22. The number of nitrogens with zero attached hydrogens (tertiary/aromatic N) is 1. The Bertz CT molecular complexity index is 387. The van der Waals surface area contributed by atoms with E-state index in [1.54, 1.807) is 0 Å². The largest absolute Gasteiger partial charge is 0.229 e. The van der Waals surface area contributed by atoms with E-state index in [0.717, 1.165) is 25.7 Å². The van der Waals surface area contributed by atoms with Gasteiger partial charge < -0.3 is 0 Å². The maximum atomic E-state index is 11.9. The second-order valence-corrected chi connectivity index (χ2v) is 8.45. The Balaban J connectivity index is 2.23. The van der Waals surface area contributed by atoms with E-state index < -0.39 is 9.84 Å². The molecular weight excluding hydrogens is 246 g/mol. The highest BCUT2D eigenvalue weighted by Crippen LogP contribution is 2.27. The van der Waals surface area contributed by atoms with Crippen molar-refractivity contribution in [2.75, 3.05) is 11.5 Å². The van der Waals surface area contributed by atoms with Crippen LogP contribution in [0, 0.1) is 22.7 Å². The third-order valence-electron chi connectivity index (χ3n) is 3.77. The molecule has 0 aromatic rings. The summed E-state index contributed by atoms with van der Waals surface area (Å²) < 4.78 is 23.8. The minimum absolute atomic E-state index is 0.297. The average Bonchev–Trinajstić information content (AvgIpc) is 2.76. The van der Waals surface area contributed by atoms with Gasteiger partial charge in [-0.2, -0.15) is 5.26 Å². The summed E-state index contributed by atoms with van der Waals surface area (Å²) in [5, 5.41) is 8.87. The third kappa shape index (κ3) is 5.86. The summed E-state index contributed by atoms with van der Waals surface area (Å²) >= 11 is 0. The number of sulfone groups is 1. The standard InChI is InChI=1S/C14H25NO2S/c1-14(2,12-15)9-5-6-10-18(16,17)11-13-7-3-4-8-13/h13H,3-11H2,1-2H3. The first-order valence-corrected chi connectivity index (χ1v) is 8.78. The lowest BCUT2D eigenvalue weighted by atomic mass is 9.89. The van der Waals surface area contributed by atoms with E-state index in [4.69, 9.17) is 5.26 Å². The predicted octanol–water partition coefficient (Wildman–Crippen LogP) is 3.31. The molecule has 0 aromatic heterocycles. The molecular formula is C14H25NO2S. The Kier molecular flexibility index (Phi) is 5.65. The fourth-order valence-electron chi connectivity index (χ4n) is 2.56. The molecule has 0 amide bonds. The summed E-state index contributed by atoms with van der Waals surface area (Å²) in [5.74, 6) is 1.09. The van der Waals surface area contributed by atoms with Gasteiger partial charge in [-0.15, -0.1) is 0 Å². The van der Waals surface area contributed by atoms with E-state index >= 15 is 0 Å². The average molecular weight is 271 g/mol. The molecule has 0 atom stereocenters. The van der Waals surface area contributed by atoms with Crippen molar-refractivity contribution in [1.82, 2.24) is 0 Å². The summed E-state index contributed by atoms with van der Waals surface area (Å²) in [4.78, 5) is 0. The lowest BCUT2D eigenvalue weighted by molar-refractivity contribution is 0.431. The van der Waals surface area contributed by atoms with Crippen molar-refractivity contribution in [1.29, 1.82) is 5.26 Å². The van der Waals surface area contributed by atoms with E-state index in [1.807, 2.05) is 13.8 Å². The minimum Gasteiger partial charge on any atom is -0.229 e. The zero-order chi connectivity index (χ0) is 13.6. The highest BCUT2D eigenvalue weighted by molar-refractivity contribution is 7.91. The number of hydrogen-bond acceptors (Lipinski definition) is 3. The van der Waals surface area contributed by atoms with Crippen molar-refractivity contribution in [2.45, 2.75) is 58.8 Å². The van der Waals surface area contributed by atoms with E-state index in [-0.39, 0.29) is 5.41 Å². The number of nitriles is 1. The highest BCUT2D eigenvalue weighted by atomic mass is 32.2. The van der Waals surface area contributed by atoms with E-state index in [2.05, 4.69) is 6.07 Å². The molecule has 104 valence electrons. The molecule has 0 radical (unpaired) electrons. The molecule has 1 rings (SSSR count). The lowest BCUT2D eigenvalue weighted by Gasteiger charge is -2.14. The van der Waals surface area contributed by atoms with Gasteiger partial charge in [0.05, 0.1) is 23.0 Å². The van der Waals surface area contributed by atoms with Gasteiger partial charge in [0.1, 0.15) is 0 Å². The molecule has 0 aromatic carbocycles. The van der Waals surface area contributed by atoms with Gasteiger partial charge in [-0.1, -0.05) is 19.3 Å². The van der Waals surface area contributed by atoms with E-state index in [1.165, 1.54) is 12.8 Å². The van der Waals surface area contributed by atoms with Crippen LogP contribution >= 0.6 is 0 Å². The normalized spacial score (nSPS) is 17.8. The Hall–Kier alpha value is -0.560. The predicted molar refractivity (Wildman–Crippen MR) is 73.9 cm³/mol. The molecule has 3 nitrogen and oxygen atoms in total. The third-order valence-corrected chi connectivity index (χ3v) is 5.66. The van der Waals surface area contributed by atoms with Gasteiger partial charge in [0, 0.05) is 0 Å². The van der Waals surface area contributed by atoms with Gasteiger partial charge >= 0.3 is 0 Å². The molecule has 1 aliphatic rings. The fourth-order valence-corrected chi connectivity index (χ4v) is 4.43. The Labute approximate surface area is 111 Å². The van der Waals surface area contributed by atoms with Crippen LogP contribution in [0.15, 0.2) is 0 Å². The van der Waals surface area contributed by atoms with Crippen LogP contribution in [-0.2, 0) is 9.84 Å². The van der Waals surface area contributed by atoms with Crippen LogP contribution in [0.3, 0.4) is 0 Å². The number of hydrogen-bond donors (Lipinski definition) is 0. The molecule has 0 saturated heterocycles. The van der Waals surface area contributed by atoms with Gasteiger partial charge in [0.2, 0.25) is 0 Å². The zero-order valence-corrected chi connectivity index (χ0v) is 12.4. The zero-order valence-electron chi connectivity index (χ0n) is 11.6. The Morgan fingerprint density at radius 2 is 1.83 bits per heavy atom.